The summed E-state index contributed by atoms with van der Waals surface area (Å²) < 4.78 is 0. The highest BCUT2D eigenvalue weighted by Crippen LogP contribution is 2.12. The van der Waals surface area contributed by atoms with Crippen LogP contribution in [0.25, 0.3) is 0 Å². The van der Waals surface area contributed by atoms with E-state index in [-0.39, 0.29) is 25.7 Å². The van der Waals surface area contributed by atoms with Gasteiger partial charge in [-0.15, -0.1) is 0 Å². The zero-order chi connectivity index (χ0) is 19.5. The van der Waals surface area contributed by atoms with E-state index in [0.717, 1.165) is 0 Å². The lowest BCUT2D eigenvalue weighted by molar-refractivity contribution is -0.144. The molecule has 0 aliphatic heterocycles. The summed E-state index contributed by atoms with van der Waals surface area (Å²) >= 11 is 0. The van der Waals surface area contributed by atoms with E-state index in [0.29, 0.717) is 5.56 Å². The Morgan fingerprint density at radius 2 is 1.69 bits per heavy atom. The molecule has 5 N–H and O–H groups in total. The minimum atomic E-state index is -1.25. The Balaban J connectivity index is 2.80. The lowest BCUT2D eigenvalue weighted by Crippen LogP contribution is -2.47. The van der Waals surface area contributed by atoms with Crippen LogP contribution in [-0.4, -0.2) is 51.6 Å². The zero-order valence-corrected chi connectivity index (χ0v) is 14.1. The number of carboxylic acid groups (broad SMARTS) is 2. The number of rotatable bonds is 12. The molecule has 0 aliphatic carbocycles. The molecule has 142 valence electrons. The van der Waals surface area contributed by atoms with E-state index >= 15 is 0 Å². The molecule has 0 fully saturated rings. The van der Waals surface area contributed by atoms with Crippen LogP contribution in [0, 0.1) is 5.92 Å². The highest BCUT2D eigenvalue weighted by Gasteiger charge is 2.30. The van der Waals surface area contributed by atoms with E-state index in [1.54, 1.807) is 35.8 Å². The summed E-state index contributed by atoms with van der Waals surface area (Å²) in [5, 5.41) is 29.0. The number of hydrogen-bond donors (Lipinski definition) is 5. The number of aliphatic carboxylic acids is 2. The van der Waals surface area contributed by atoms with Crippen LogP contribution in [0.15, 0.2) is 30.3 Å². The van der Waals surface area contributed by atoms with Crippen LogP contribution in [0.5, 0.6) is 0 Å². The van der Waals surface area contributed by atoms with Crippen molar-refractivity contribution in [1.82, 2.24) is 10.8 Å². The van der Waals surface area contributed by atoms with Crippen molar-refractivity contribution in [1.29, 1.82) is 0 Å². The molecule has 0 saturated carbocycles. The number of hydrogen-bond acceptors (Lipinski definition) is 6. The van der Waals surface area contributed by atoms with Gasteiger partial charge >= 0.3 is 11.9 Å². The highest BCUT2D eigenvalue weighted by molar-refractivity contribution is 6.03. The monoisotopic (exact) mass is 366 g/mol. The second-order valence-electron chi connectivity index (χ2n) is 5.73. The van der Waals surface area contributed by atoms with Crippen molar-refractivity contribution in [3.8, 4) is 0 Å². The maximum Gasteiger partial charge on any atom is 0.326 e. The number of carbonyl (C=O) groups excluding carboxylic acids is 2. The first-order valence-corrected chi connectivity index (χ1v) is 8.03. The molecule has 9 heteroatoms. The molecule has 1 aromatic carbocycles. The van der Waals surface area contributed by atoms with Gasteiger partial charge in [0.2, 0.25) is 5.91 Å². The third-order valence-corrected chi connectivity index (χ3v) is 3.74. The van der Waals surface area contributed by atoms with Crippen molar-refractivity contribution in [2.24, 2.45) is 5.92 Å². The van der Waals surface area contributed by atoms with Crippen molar-refractivity contribution >= 4 is 23.6 Å². The molecule has 1 unspecified atom stereocenters. The molecular weight excluding hydrogens is 344 g/mol. The minimum absolute atomic E-state index is 0.0379. The standard InChI is InChI=1S/C17H22N2O7/c20-14(10-18-26)12(7-4-8-15(21)22)16(23)19-13(17(24)25)9-11-5-2-1-3-6-11/h1-3,5-6,12-13,18,26H,4,7-10H2,(H,19,23)(H,21,22)(H,24,25)/t12-,13?/m1/s1. The molecule has 0 radical (unpaired) electrons. The number of benzene rings is 1. The van der Waals surface area contributed by atoms with Crippen molar-refractivity contribution < 1.29 is 34.6 Å². The van der Waals surface area contributed by atoms with Gasteiger partial charge in [0, 0.05) is 12.8 Å². The van der Waals surface area contributed by atoms with Crippen molar-refractivity contribution in [3.05, 3.63) is 35.9 Å². The van der Waals surface area contributed by atoms with Gasteiger partial charge in [-0.2, -0.15) is 5.48 Å². The van der Waals surface area contributed by atoms with Crippen LogP contribution < -0.4 is 10.8 Å². The fraction of sp³-hybridized carbons (Fsp3) is 0.412. The summed E-state index contributed by atoms with van der Waals surface area (Å²) in [7, 11) is 0. The second-order valence-corrected chi connectivity index (χ2v) is 5.73. The SMILES string of the molecule is O=C(O)CCC[C@H](C(=O)CNO)C(=O)NC(Cc1ccccc1)C(=O)O. The van der Waals surface area contributed by atoms with Crippen molar-refractivity contribution in [3.63, 3.8) is 0 Å². The number of hydroxylamine groups is 1. The number of carboxylic acids is 2. The van der Waals surface area contributed by atoms with Gasteiger partial charge < -0.3 is 20.7 Å². The van der Waals surface area contributed by atoms with E-state index in [4.69, 9.17) is 10.3 Å². The maximum absolute atomic E-state index is 12.4. The lowest BCUT2D eigenvalue weighted by Gasteiger charge is -2.19. The third-order valence-electron chi connectivity index (χ3n) is 3.74. The second kappa shape index (κ2) is 11.0. The fourth-order valence-corrected chi connectivity index (χ4v) is 2.42. The van der Waals surface area contributed by atoms with Gasteiger partial charge in [0.1, 0.15) is 6.04 Å². The van der Waals surface area contributed by atoms with Crippen LogP contribution in [0.4, 0.5) is 0 Å². The number of amides is 1. The summed E-state index contributed by atoms with van der Waals surface area (Å²) in [6.45, 7) is -0.498. The fourth-order valence-electron chi connectivity index (χ4n) is 2.42. The molecule has 1 aromatic rings. The van der Waals surface area contributed by atoms with Crippen LogP contribution in [0.3, 0.4) is 0 Å². The van der Waals surface area contributed by atoms with E-state index in [1.807, 2.05) is 0 Å². The topological polar surface area (TPSA) is 153 Å². The largest absolute Gasteiger partial charge is 0.481 e. The van der Waals surface area contributed by atoms with Crippen LogP contribution in [-0.2, 0) is 25.6 Å². The molecule has 0 heterocycles. The Hall–Kier alpha value is -2.78. The van der Waals surface area contributed by atoms with E-state index in [1.165, 1.54) is 0 Å². The van der Waals surface area contributed by atoms with Crippen LogP contribution in [0.2, 0.25) is 0 Å². The number of carbonyl (C=O) groups is 4. The van der Waals surface area contributed by atoms with E-state index in [2.05, 4.69) is 5.32 Å². The molecule has 0 spiro atoms. The molecule has 0 bridgehead atoms. The minimum Gasteiger partial charge on any atom is -0.481 e. The molecule has 1 amide bonds. The lowest BCUT2D eigenvalue weighted by atomic mass is 9.95. The molecule has 26 heavy (non-hydrogen) atoms. The Morgan fingerprint density at radius 1 is 1.04 bits per heavy atom. The quantitative estimate of drug-likeness (QED) is 0.260. The summed E-state index contributed by atoms with van der Waals surface area (Å²) in [5.41, 5.74) is 2.36. The van der Waals surface area contributed by atoms with Crippen molar-refractivity contribution in [2.75, 3.05) is 6.54 Å². The van der Waals surface area contributed by atoms with Gasteiger partial charge in [-0.25, -0.2) is 4.79 Å². The summed E-state index contributed by atoms with van der Waals surface area (Å²) in [6.07, 6.45) is -0.177. The number of ketones is 1. The first-order valence-electron chi connectivity index (χ1n) is 8.03. The average Bonchev–Trinajstić information content (AvgIpc) is 2.58. The summed E-state index contributed by atoms with van der Waals surface area (Å²) in [5.74, 6) is -5.02. The Morgan fingerprint density at radius 3 is 2.23 bits per heavy atom. The molecule has 0 aromatic heterocycles. The maximum atomic E-state index is 12.4. The van der Waals surface area contributed by atoms with E-state index < -0.39 is 42.1 Å². The van der Waals surface area contributed by atoms with E-state index in [9.17, 15) is 24.3 Å². The Labute approximate surface area is 150 Å². The predicted octanol–water partition coefficient (Wildman–Crippen LogP) is 0.218. The smallest absolute Gasteiger partial charge is 0.326 e. The molecule has 1 rings (SSSR count). The van der Waals surface area contributed by atoms with Gasteiger partial charge in [-0.1, -0.05) is 30.3 Å². The van der Waals surface area contributed by atoms with Crippen LogP contribution in [0.1, 0.15) is 24.8 Å². The zero-order valence-electron chi connectivity index (χ0n) is 14.1. The van der Waals surface area contributed by atoms with Gasteiger partial charge in [0.15, 0.2) is 5.78 Å². The van der Waals surface area contributed by atoms with Gasteiger partial charge in [-0.3, -0.25) is 14.4 Å². The summed E-state index contributed by atoms with van der Waals surface area (Å²) in [6, 6.07) is 7.45. The predicted molar refractivity (Wildman–Crippen MR) is 89.5 cm³/mol. The highest BCUT2D eigenvalue weighted by atomic mass is 16.5. The van der Waals surface area contributed by atoms with Gasteiger partial charge in [-0.05, 0) is 18.4 Å². The number of nitrogens with one attached hydrogen (secondary N) is 2. The van der Waals surface area contributed by atoms with Crippen LogP contribution >= 0.6 is 0 Å². The Kier molecular flexibility index (Phi) is 8.96. The third kappa shape index (κ3) is 7.41. The number of Topliss-reactive ketones (excluding diaryl/α,β-unsaturated/α-hetero) is 1. The average molecular weight is 366 g/mol. The first-order chi connectivity index (χ1) is 12.3. The first kappa shape index (κ1) is 21.3. The Bertz CT molecular complexity index is 633. The molecule has 0 saturated heterocycles. The van der Waals surface area contributed by atoms with Gasteiger partial charge in [0.05, 0.1) is 12.5 Å². The van der Waals surface area contributed by atoms with Crippen molar-refractivity contribution in [2.45, 2.75) is 31.7 Å². The molecule has 9 nitrogen and oxygen atoms in total. The summed E-state index contributed by atoms with van der Waals surface area (Å²) in [4.78, 5) is 46.4. The molecule has 2 atom stereocenters. The normalized spacial score (nSPS) is 12.8. The van der Waals surface area contributed by atoms with Gasteiger partial charge in [0.25, 0.3) is 0 Å². The molecule has 0 aliphatic rings. The molecular formula is C17H22N2O7.